The highest BCUT2D eigenvalue weighted by Crippen LogP contribution is 2.34. The first-order chi connectivity index (χ1) is 12.0. The van der Waals surface area contributed by atoms with Crippen molar-refractivity contribution in [2.24, 2.45) is 0 Å². The van der Waals surface area contributed by atoms with Gasteiger partial charge in [-0.3, -0.25) is 4.79 Å². The van der Waals surface area contributed by atoms with E-state index in [-0.39, 0.29) is 5.70 Å². The van der Waals surface area contributed by atoms with Crippen LogP contribution in [0.15, 0.2) is 48.2 Å². The molecule has 1 N–H and O–H groups in total. The number of carbonyl (C=O) groups excluding carboxylic acids is 2. The van der Waals surface area contributed by atoms with Crippen molar-refractivity contribution in [2.45, 2.75) is 0 Å². The molecule has 3 rings (SSSR count). The summed E-state index contributed by atoms with van der Waals surface area (Å²) in [7, 11) is 3.01. The van der Waals surface area contributed by atoms with Crippen molar-refractivity contribution < 1.29 is 19.1 Å². The fourth-order valence-corrected chi connectivity index (χ4v) is 2.69. The molecule has 1 heterocycles. The number of nitrogens with one attached hydrogen (secondary N) is 1. The highest BCUT2D eigenvalue weighted by molar-refractivity contribution is 6.33. The van der Waals surface area contributed by atoms with Crippen LogP contribution >= 0.6 is 11.6 Å². The molecule has 2 aromatic carbocycles. The number of benzene rings is 2. The third-order valence-electron chi connectivity index (χ3n) is 3.70. The van der Waals surface area contributed by atoms with Crippen LogP contribution in [0.25, 0.3) is 6.08 Å². The highest BCUT2D eigenvalue weighted by atomic mass is 35.5. The SMILES string of the molecule is COc1cc(Cl)c(/C=C2/NC(=O)N(c3ccccc3)C2=O)cc1OC. The smallest absolute Gasteiger partial charge is 0.333 e. The number of nitrogens with zero attached hydrogens (tertiary/aromatic N) is 1. The number of urea groups is 1. The molecule has 1 fully saturated rings. The number of halogens is 1. The van der Waals surface area contributed by atoms with E-state index in [1.165, 1.54) is 20.3 Å². The summed E-state index contributed by atoms with van der Waals surface area (Å²) in [5.74, 6) is 0.486. The molecular weight excluding hydrogens is 344 g/mol. The first-order valence-electron chi connectivity index (χ1n) is 7.39. The summed E-state index contributed by atoms with van der Waals surface area (Å²) >= 11 is 6.24. The van der Waals surface area contributed by atoms with Crippen LogP contribution in [-0.2, 0) is 4.79 Å². The Kier molecular flexibility index (Phi) is 4.63. The lowest BCUT2D eigenvalue weighted by atomic mass is 10.1. The first kappa shape index (κ1) is 16.9. The molecule has 1 aliphatic heterocycles. The van der Waals surface area contributed by atoms with Gasteiger partial charge in [0.05, 0.1) is 24.9 Å². The van der Waals surface area contributed by atoms with E-state index in [0.717, 1.165) is 4.90 Å². The van der Waals surface area contributed by atoms with Gasteiger partial charge in [-0.25, -0.2) is 9.69 Å². The van der Waals surface area contributed by atoms with Crippen LogP contribution in [0.1, 0.15) is 5.56 Å². The largest absolute Gasteiger partial charge is 0.493 e. The lowest BCUT2D eigenvalue weighted by molar-refractivity contribution is -0.113. The number of hydrogen-bond donors (Lipinski definition) is 1. The standard InChI is InChI=1S/C18H15ClN2O4/c1-24-15-9-11(13(19)10-16(15)25-2)8-14-17(22)21(18(23)20-14)12-6-4-3-5-7-12/h3-10H,1-2H3,(H,20,23)/b14-8+. The van der Waals surface area contributed by atoms with Gasteiger partial charge >= 0.3 is 6.03 Å². The zero-order valence-corrected chi connectivity index (χ0v) is 14.3. The fraction of sp³-hybridized carbons (Fsp3) is 0.111. The maximum atomic E-state index is 12.6. The molecule has 0 bridgehead atoms. The van der Waals surface area contributed by atoms with Gasteiger partial charge in [0.15, 0.2) is 11.5 Å². The minimum Gasteiger partial charge on any atom is -0.493 e. The Morgan fingerprint density at radius 3 is 2.32 bits per heavy atom. The molecule has 0 saturated carbocycles. The van der Waals surface area contributed by atoms with Gasteiger partial charge in [0.2, 0.25) is 0 Å². The fourth-order valence-electron chi connectivity index (χ4n) is 2.48. The average molecular weight is 359 g/mol. The van der Waals surface area contributed by atoms with E-state index in [2.05, 4.69) is 5.32 Å². The Morgan fingerprint density at radius 1 is 1.04 bits per heavy atom. The quantitative estimate of drug-likeness (QED) is 0.671. The van der Waals surface area contributed by atoms with Gasteiger partial charge in [-0.15, -0.1) is 0 Å². The van der Waals surface area contributed by atoms with Crippen molar-refractivity contribution in [3.05, 3.63) is 58.7 Å². The number of methoxy groups -OCH3 is 2. The summed E-state index contributed by atoms with van der Waals surface area (Å²) in [6.45, 7) is 0. The Morgan fingerprint density at radius 2 is 1.68 bits per heavy atom. The van der Waals surface area contributed by atoms with E-state index in [0.29, 0.717) is 27.8 Å². The number of amides is 3. The van der Waals surface area contributed by atoms with E-state index >= 15 is 0 Å². The number of anilines is 1. The number of imide groups is 1. The maximum Gasteiger partial charge on any atom is 0.333 e. The summed E-state index contributed by atoms with van der Waals surface area (Å²) in [5, 5.41) is 2.93. The van der Waals surface area contributed by atoms with E-state index in [1.54, 1.807) is 36.4 Å². The summed E-state index contributed by atoms with van der Waals surface area (Å²) < 4.78 is 10.4. The summed E-state index contributed by atoms with van der Waals surface area (Å²) in [5.41, 5.74) is 1.15. The number of carbonyl (C=O) groups is 2. The molecule has 25 heavy (non-hydrogen) atoms. The van der Waals surface area contributed by atoms with Crippen molar-refractivity contribution in [3.8, 4) is 11.5 Å². The second-order valence-corrected chi connectivity index (χ2v) is 5.60. The average Bonchev–Trinajstić information content (AvgIpc) is 2.90. The third-order valence-corrected chi connectivity index (χ3v) is 4.02. The van der Waals surface area contributed by atoms with E-state index in [1.807, 2.05) is 6.07 Å². The van der Waals surface area contributed by atoms with Crippen molar-refractivity contribution in [1.82, 2.24) is 5.32 Å². The van der Waals surface area contributed by atoms with Crippen LogP contribution in [0.4, 0.5) is 10.5 Å². The first-order valence-corrected chi connectivity index (χ1v) is 7.76. The van der Waals surface area contributed by atoms with Crippen molar-refractivity contribution in [3.63, 3.8) is 0 Å². The molecule has 0 atom stereocenters. The van der Waals surface area contributed by atoms with E-state index in [9.17, 15) is 9.59 Å². The lowest BCUT2D eigenvalue weighted by Gasteiger charge is -2.11. The van der Waals surface area contributed by atoms with Gasteiger partial charge in [0.25, 0.3) is 5.91 Å². The molecule has 0 radical (unpaired) electrons. The topological polar surface area (TPSA) is 67.9 Å². The minimum atomic E-state index is -0.515. The molecule has 3 amide bonds. The lowest BCUT2D eigenvalue weighted by Crippen LogP contribution is -2.30. The van der Waals surface area contributed by atoms with Gasteiger partial charge in [0, 0.05) is 6.07 Å². The van der Waals surface area contributed by atoms with Crippen molar-refractivity contribution >= 4 is 35.3 Å². The second kappa shape index (κ2) is 6.86. The third kappa shape index (κ3) is 3.16. The zero-order valence-electron chi connectivity index (χ0n) is 13.6. The zero-order chi connectivity index (χ0) is 18.0. The molecule has 0 spiro atoms. The normalized spacial score (nSPS) is 15.5. The van der Waals surface area contributed by atoms with Crippen molar-refractivity contribution in [2.75, 3.05) is 19.1 Å². The monoisotopic (exact) mass is 358 g/mol. The molecule has 128 valence electrons. The molecule has 6 nitrogen and oxygen atoms in total. The predicted octanol–water partition coefficient (Wildman–Crippen LogP) is 3.45. The van der Waals surface area contributed by atoms with E-state index < -0.39 is 11.9 Å². The van der Waals surface area contributed by atoms with Crippen LogP contribution in [-0.4, -0.2) is 26.2 Å². The number of ether oxygens (including phenoxy) is 2. The van der Waals surface area contributed by atoms with Gasteiger partial charge in [-0.2, -0.15) is 0 Å². The molecule has 1 aliphatic rings. The molecule has 0 aromatic heterocycles. The van der Waals surface area contributed by atoms with Gasteiger partial charge in [-0.1, -0.05) is 29.8 Å². The van der Waals surface area contributed by atoms with Crippen molar-refractivity contribution in [1.29, 1.82) is 0 Å². The molecule has 0 aliphatic carbocycles. The number of para-hydroxylation sites is 1. The van der Waals surface area contributed by atoms with Crippen LogP contribution in [0.3, 0.4) is 0 Å². The molecular formula is C18H15ClN2O4. The Hall–Kier alpha value is -2.99. The predicted molar refractivity (Wildman–Crippen MR) is 95.0 cm³/mol. The number of hydrogen-bond acceptors (Lipinski definition) is 4. The maximum absolute atomic E-state index is 12.6. The Balaban J connectivity index is 1.98. The van der Waals surface area contributed by atoms with Crippen LogP contribution in [0, 0.1) is 0 Å². The van der Waals surface area contributed by atoms with Gasteiger partial charge in [-0.05, 0) is 29.8 Å². The molecule has 2 aromatic rings. The van der Waals surface area contributed by atoms with E-state index in [4.69, 9.17) is 21.1 Å². The minimum absolute atomic E-state index is 0.128. The highest BCUT2D eigenvalue weighted by Gasteiger charge is 2.34. The summed E-state index contributed by atoms with van der Waals surface area (Å²) in [6, 6.07) is 11.4. The molecule has 0 unspecified atom stereocenters. The number of rotatable bonds is 4. The van der Waals surface area contributed by atoms with Crippen LogP contribution in [0.2, 0.25) is 5.02 Å². The van der Waals surface area contributed by atoms with Gasteiger partial charge < -0.3 is 14.8 Å². The van der Waals surface area contributed by atoms with Gasteiger partial charge in [0.1, 0.15) is 5.70 Å². The van der Waals surface area contributed by atoms with Crippen LogP contribution in [0.5, 0.6) is 11.5 Å². The Labute approximate surface area is 149 Å². The molecule has 7 heteroatoms. The Bertz CT molecular complexity index is 865. The molecule has 1 saturated heterocycles. The summed E-state index contributed by atoms with van der Waals surface area (Å²) in [6.07, 6.45) is 1.51. The second-order valence-electron chi connectivity index (χ2n) is 5.19. The summed E-state index contributed by atoms with van der Waals surface area (Å²) in [4.78, 5) is 25.8. The van der Waals surface area contributed by atoms with Crippen LogP contribution < -0.4 is 19.7 Å².